The highest BCUT2D eigenvalue weighted by Crippen LogP contribution is 2.38. The van der Waals surface area contributed by atoms with Crippen LogP contribution in [0.3, 0.4) is 0 Å². The van der Waals surface area contributed by atoms with E-state index in [4.69, 9.17) is 24.0 Å². The van der Waals surface area contributed by atoms with E-state index < -0.39 is 18.0 Å². The summed E-state index contributed by atoms with van der Waals surface area (Å²) in [5, 5.41) is 19.3. The molecule has 1 aliphatic heterocycles. The first-order valence-corrected chi connectivity index (χ1v) is 11.6. The number of amides is 2. The summed E-state index contributed by atoms with van der Waals surface area (Å²) in [6.45, 7) is 1.93. The van der Waals surface area contributed by atoms with Crippen molar-refractivity contribution in [1.29, 1.82) is 0 Å². The fraction of sp³-hybridized carbons (Fsp3) is 0.346. The number of ether oxygens (including phenoxy) is 2. The van der Waals surface area contributed by atoms with Crippen LogP contribution in [0.2, 0.25) is 0 Å². The molecule has 0 spiro atoms. The number of carbonyl (C=O) groups is 2. The normalized spacial score (nSPS) is 14.8. The lowest BCUT2D eigenvalue weighted by Crippen LogP contribution is -2.50. The number of carboxylic acids is 1. The zero-order valence-corrected chi connectivity index (χ0v) is 20.4. The zero-order chi connectivity index (χ0) is 25.8. The molecule has 0 radical (unpaired) electrons. The molecule has 2 amide bonds. The van der Waals surface area contributed by atoms with Crippen LogP contribution in [0.25, 0.3) is 22.6 Å². The van der Waals surface area contributed by atoms with E-state index in [1.54, 1.807) is 14.2 Å². The number of urea groups is 1. The molecule has 1 aliphatic rings. The molecule has 36 heavy (non-hydrogen) atoms. The van der Waals surface area contributed by atoms with E-state index in [1.807, 2.05) is 48.5 Å². The van der Waals surface area contributed by atoms with Gasteiger partial charge in [-0.05, 0) is 68.3 Å². The van der Waals surface area contributed by atoms with E-state index in [1.165, 1.54) is 11.8 Å². The number of rotatable bonds is 7. The third-order valence-corrected chi connectivity index (χ3v) is 6.39. The van der Waals surface area contributed by atoms with Crippen LogP contribution in [0.15, 0.2) is 52.9 Å². The van der Waals surface area contributed by atoms with Gasteiger partial charge in [0.05, 0.1) is 14.2 Å². The summed E-state index contributed by atoms with van der Waals surface area (Å²) in [6, 6.07) is 13.1. The van der Waals surface area contributed by atoms with E-state index in [0.29, 0.717) is 43.3 Å². The summed E-state index contributed by atoms with van der Waals surface area (Å²) in [7, 11) is 3.22. The van der Waals surface area contributed by atoms with Crippen LogP contribution in [0.1, 0.15) is 31.6 Å². The smallest absolute Gasteiger partial charge is 0.344 e. The topological polar surface area (TPSA) is 126 Å². The van der Waals surface area contributed by atoms with Crippen LogP contribution in [0.4, 0.5) is 4.79 Å². The highest BCUT2D eigenvalue weighted by molar-refractivity contribution is 5.81. The van der Waals surface area contributed by atoms with Gasteiger partial charge < -0.3 is 23.9 Å². The number of hydrogen-bond acceptors (Lipinski definition) is 7. The van der Waals surface area contributed by atoms with Crippen LogP contribution in [0, 0.1) is 0 Å². The molecule has 190 valence electrons. The van der Waals surface area contributed by atoms with Crippen LogP contribution in [0.5, 0.6) is 11.5 Å². The Bertz CT molecular complexity index is 1130. The summed E-state index contributed by atoms with van der Waals surface area (Å²) in [6.07, 6.45) is 1.12. The second-order valence-corrected chi connectivity index (χ2v) is 8.59. The van der Waals surface area contributed by atoms with E-state index in [-0.39, 0.29) is 11.0 Å². The molecule has 4 rings (SSSR count). The molecular weight excluding hydrogens is 466 g/mol. The molecule has 0 aliphatic carbocycles. The Kier molecular flexibility index (Phi) is 7.44. The molecule has 1 aromatic heterocycles. The standard InChI is InChI=1S/C26H29N3O7/c1-16(25(30)31)29(33)26(32)28-14-12-19(13-15-28)24-27-22(17-4-8-20(34-2)9-5-17)23(36-24)18-6-10-21(35-3)11-7-18/h4-11,16,19,33H,12-15H2,1-3H3,(H,30,31). The summed E-state index contributed by atoms with van der Waals surface area (Å²) in [5.74, 6) is 1.35. The van der Waals surface area contributed by atoms with Crippen molar-refractivity contribution in [3.8, 4) is 34.1 Å². The predicted octanol–water partition coefficient (Wildman–Crippen LogP) is 4.49. The number of carboxylic acid groups (broad SMARTS) is 1. The number of methoxy groups -OCH3 is 2. The van der Waals surface area contributed by atoms with Crippen molar-refractivity contribution < 1.29 is 33.8 Å². The van der Waals surface area contributed by atoms with E-state index in [0.717, 1.165) is 22.6 Å². The molecule has 3 aromatic rings. The van der Waals surface area contributed by atoms with Crippen LogP contribution in [-0.2, 0) is 4.79 Å². The van der Waals surface area contributed by atoms with Gasteiger partial charge in [-0.25, -0.2) is 14.6 Å². The molecule has 2 N–H and O–H groups in total. The number of piperidine rings is 1. The van der Waals surface area contributed by atoms with Gasteiger partial charge in [0.2, 0.25) is 0 Å². The summed E-state index contributed by atoms with van der Waals surface area (Å²) >= 11 is 0. The lowest BCUT2D eigenvalue weighted by Gasteiger charge is -2.33. The van der Waals surface area contributed by atoms with Crippen LogP contribution in [-0.4, -0.2) is 70.6 Å². The Labute approximate surface area is 208 Å². The molecule has 2 aromatic carbocycles. The molecule has 2 heterocycles. The van der Waals surface area contributed by atoms with Crippen molar-refractivity contribution in [2.45, 2.75) is 31.7 Å². The molecule has 0 bridgehead atoms. The molecule has 10 nitrogen and oxygen atoms in total. The first-order chi connectivity index (χ1) is 17.3. The molecule has 0 saturated carbocycles. The van der Waals surface area contributed by atoms with Crippen molar-refractivity contribution >= 4 is 12.0 Å². The number of hydrogen-bond donors (Lipinski definition) is 2. The molecule has 1 unspecified atom stereocenters. The maximum atomic E-state index is 12.5. The number of oxazole rings is 1. The van der Waals surface area contributed by atoms with Gasteiger partial charge >= 0.3 is 12.0 Å². The highest BCUT2D eigenvalue weighted by Gasteiger charge is 2.33. The largest absolute Gasteiger partial charge is 0.497 e. The van der Waals surface area contributed by atoms with Gasteiger partial charge in [0, 0.05) is 30.1 Å². The van der Waals surface area contributed by atoms with Crippen LogP contribution >= 0.6 is 0 Å². The zero-order valence-electron chi connectivity index (χ0n) is 20.4. The average molecular weight is 496 g/mol. The van der Waals surface area contributed by atoms with E-state index >= 15 is 0 Å². The van der Waals surface area contributed by atoms with Gasteiger partial charge in [-0.3, -0.25) is 5.21 Å². The van der Waals surface area contributed by atoms with E-state index in [2.05, 4.69) is 0 Å². The number of benzene rings is 2. The number of aliphatic carboxylic acids is 1. The Balaban J connectivity index is 1.58. The minimum Gasteiger partial charge on any atom is -0.497 e. The average Bonchev–Trinajstić information content (AvgIpc) is 3.37. The van der Waals surface area contributed by atoms with Gasteiger partial charge in [-0.15, -0.1) is 0 Å². The Morgan fingerprint density at radius 1 is 1.00 bits per heavy atom. The Morgan fingerprint density at radius 3 is 2.03 bits per heavy atom. The Hall–Kier alpha value is -4.05. The summed E-state index contributed by atoms with van der Waals surface area (Å²) in [5.41, 5.74) is 2.43. The maximum absolute atomic E-state index is 12.5. The minimum absolute atomic E-state index is 0.0397. The second-order valence-electron chi connectivity index (χ2n) is 8.59. The maximum Gasteiger partial charge on any atom is 0.344 e. The van der Waals surface area contributed by atoms with Crippen molar-refractivity contribution in [2.75, 3.05) is 27.3 Å². The van der Waals surface area contributed by atoms with Crippen LogP contribution < -0.4 is 9.47 Å². The quantitative estimate of drug-likeness (QED) is 0.363. The minimum atomic E-state index is -1.33. The van der Waals surface area contributed by atoms with Crippen molar-refractivity contribution in [2.24, 2.45) is 0 Å². The SMILES string of the molecule is COc1ccc(-c2nc(C3CCN(C(=O)N(O)C(C)C(=O)O)CC3)oc2-c2ccc(OC)cc2)cc1. The van der Waals surface area contributed by atoms with Gasteiger partial charge in [-0.2, -0.15) is 5.06 Å². The fourth-order valence-corrected chi connectivity index (χ4v) is 4.13. The first-order valence-electron chi connectivity index (χ1n) is 11.6. The molecule has 1 fully saturated rings. The molecule has 1 atom stereocenters. The third-order valence-electron chi connectivity index (χ3n) is 6.39. The molecular formula is C26H29N3O7. The highest BCUT2D eigenvalue weighted by atomic mass is 16.5. The predicted molar refractivity (Wildman–Crippen MR) is 130 cm³/mol. The number of aromatic nitrogens is 1. The molecule has 1 saturated heterocycles. The monoisotopic (exact) mass is 495 g/mol. The number of hydroxylamine groups is 2. The number of nitrogens with zero attached hydrogens (tertiary/aromatic N) is 3. The molecule has 10 heteroatoms. The van der Waals surface area contributed by atoms with Gasteiger partial charge in [0.15, 0.2) is 17.7 Å². The first kappa shape index (κ1) is 25.1. The van der Waals surface area contributed by atoms with Gasteiger partial charge in [0.1, 0.15) is 17.2 Å². The third kappa shape index (κ3) is 5.13. The summed E-state index contributed by atoms with van der Waals surface area (Å²) < 4.78 is 16.9. The van der Waals surface area contributed by atoms with Crippen molar-refractivity contribution in [1.82, 2.24) is 14.9 Å². The fourth-order valence-electron chi connectivity index (χ4n) is 4.13. The number of carbonyl (C=O) groups excluding carboxylic acids is 1. The van der Waals surface area contributed by atoms with Crippen molar-refractivity contribution in [3.05, 3.63) is 54.4 Å². The second kappa shape index (κ2) is 10.7. The van der Waals surface area contributed by atoms with Crippen molar-refractivity contribution in [3.63, 3.8) is 0 Å². The summed E-state index contributed by atoms with van der Waals surface area (Å²) in [4.78, 5) is 29.9. The number of likely N-dealkylation sites (tertiary alicyclic amines) is 1. The lowest BCUT2D eigenvalue weighted by atomic mass is 9.97. The Morgan fingerprint density at radius 2 is 1.53 bits per heavy atom. The van der Waals surface area contributed by atoms with Gasteiger partial charge in [0.25, 0.3) is 0 Å². The van der Waals surface area contributed by atoms with Gasteiger partial charge in [-0.1, -0.05) is 0 Å². The van der Waals surface area contributed by atoms with E-state index in [9.17, 15) is 14.8 Å². The lowest BCUT2D eigenvalue weighted by molar-refractivity contribution is -0.156.